The lowest BCUT2D eigenvalue weighted by Gasteiger charge is -2.27. The third-order valence-corrected chi connectivity index (χ3v) is 11.3. The lowest BCUT2D eigenvalue weighted by molar-refractivity contribution is -0.143. The van der Waals surface area contributed by atoms with E-state index in [0.29, 0.717) is 17.8 Å². The molecule has 2 nitrogen and oxygen atoms in total. The summed E-state index contributed by atoms with van der Waals surface area (Å²) in [5.41, 5.74) is -2.78. The van der Waals surface area contributed by atoms with E-state index in [2.05, 4.69) is 47.0 Å². The van der Waals surface area contributed by atoms with Gasteiger partial charge in [0.05, 0.1) is 11.1 Å². The highest BCUT2D eigenvalue weighted by Gasteiger charge is 2.47. The fourth-order valence-electron chi connectivity index (χ4n) is 4.94. The third kappa shape index (κ3) is 6.58. The number of nitrogens with one attached hydrogen (secondary N) is 2. The Kier molecular flexibility index (Phi) is 8.58. The first-order chi connectivity index (χ1) is 20.5. The molecule has 0 spiro atoms. The third-order valence-electron chi connectivity index (χ3n) is 6.79. The second-order valence-corrected chi connectivity index (χ2v) is 13.4. The van der Waals surface area contributed by atoms with Gasteiger partial charge >= 0.3 is 12.4 Å². The highest BCUT2D eigenvalue weighted by atomic mass is 32.1. The Bertz CT molecular complexity index is 1560. The van der Waals surface area contributed by atoms with Gasteiger partial charge < -0.3 is 10.6 Å². The van der Waals surface area contributed by atoms with E-state index in [1.54, 1.807) is 12.1 Å². The molecule has 0 aliphatic carbocycles. The van der Waals surface area contributed by atoms with Gasteiger partial charge in [-0.3, -0.25) is 0 Å². The Morgan fingerprint density at radius 1 is 0.465 bits per heavy atom. The fraction of sp³-hybridized carbons (Fsp3) is 0.0606. The molecular weight excluding hydrogens is 601 g/mol. The van der Waals surface area contributed by atoms with E-state index in [1.807, 2.05) is 66.7 Å². The Balaban J connectivity index is 1.49. The fourth-order valence-corrected chi connectivity index (χ4v) is 9.42. The number of hydrogen-bond acceptors (Lipinski definition) is 1. The van der Waals surface area contributed by atoms with Crippen molar-refractivity contribution in [1.82, 2.24) is 0 Å². The second-order valence-electron chi connectivity index (χ2n) is 9.60. The van der Waals surface area contributed by atoms with Crippen LogP contribution in [-0.2, 0) is 12.4 Å². The van der Waals surface area contributed by atoms with Crippen LogP contribution in [0, 0.1) is 0 Å². The first-order valence-corrected chi connectivity index (χ1v) is 15.2. The number of rotatable bonds is 6. The van der Waals surface area contributed by atoms with Gasteiger partial charge in [-0.25, -0.2) is 0 Å². The van der Waals surface area contributed by atoms with E-state index >= 15 is 0 Å². The maximum atomic E-state index is 13.3. The van der Waals surface area contributed by atoms with Crippen LogP contribution in [0.2, 0.25) is 0 Å². The Labute approximate surface area is 250 Å². The van der Waals surface area contributed by atoms with Gasteiger partial charge in [-0.2, -0.15) is 26.3 Å². The Morgan fingerprint density at radius 3 is 1.19 bits per heavy atom. The van der Waals surface area contributed by atoms with Gasteiger partial charge in [0.15, 0.2) is 5.11 Å². The molecule has 0 amide bonds. The summed E-state index contributed by atoms with van der Waals surface area (Å²) in [6, 6.07) is 39.4. The molecule has 5 rings (SSSR count). The van der Waals surface area contributed by atoms with Crippen molar-refractivity contribution in [3.8, 4) is 0 Å². The topological polar surface area (TPSA) is 24.1 Å². The normalized spacial score (nSPS) is 12.0. The first-order valence-electron chi connectivity index (χ1n) is 13.0. The number of hydrogen-bond donors (Lipinski definition) is 2. The molecule has 0 bridgehead atoms. The lowest BCUT2D eigenvalue weighted by atomic mass is 10.1. The van der Waals surface area contributed by atoms with E-state index in [-0.39, 0.29) is 11.2 Å². The molecule has 0 radical (unpaired) electrons. The van der Waals surface area contributed by atoms with Crippen molar-refractivity contribution in [2.75, 3.05) is 10.6 Å². The van der Waals surface area contributed by atoms with Crippen molar-refractivity contribution < 1.29 is 26.3 Å². The quantitative estimate of drug-likeness (QED) is 0.113. The van der Waals surface area contributed by atoms with Crippen LogP contribution in [0.1, 0.15) is 11.1 Å². The summed E-state index contributed by atoms with van der Waals surface area (Å²) in [6.45, 7) is 0. The minimum absolute atomic E-state index is 0.0714. The van der Waals surface area contributed by atoms with Crippen molar-refractivity contribution in [2.45, 2.75) is 12.4 Å². The maximum absolute atomic E-state index is 13.3. The van der Waals surface area contributed by atoms with Gasteiger partial charge in [0, 0.05) is 11.4 Å². The van der Waals surface area contributed by atoms with Crippen LogP contribution in [0.4, 0.5) is 37.7 Å². The number of benzene rings is 5. The monoisotopic (exact) mass is 625 g/mol. The van der Waals surface area contributed by atoms with Crippen LogP contribution in [-0.4, -0.2) is 5.11 Å². The highest BCUT2D eigenvalue weighted by Crippen LogP contribution is 2.54. The van der Waals surface area contributed by atoms with Gasteiger partial charge in [-0.1, -0.05) is 54.6 Å². The minimum Gasteiger partial charge on any atom is -0.332 e. The Morgan fingerprint density at radius 2 is 0.814 bits per heavy atom. The molecule has 2 N–H and O–H groups in total. The van der Waals surface area contributed by atoms with Gasteiger partial charge in [-0.15, -0.1) is 0 Å². The second kappa shape index (κ2) is 12.2. The highest BCUT2D eigenvalue weighted by molar-refractivity contribution is 8.01. The minimum atomic E-state index is -4.96. The number of halogens is 6. The molecule has 0 atom stereocenters. The predicted octanol–water partition coefficient (Wildman–Crippen LogP) is 8.15. The van der Waals surface area contributed by atoms with E-state index < -0.39 is 36.4 Å². The van der Waals surface area contributed by atoms with E-state index in [4.69, 9.17) is 12.2 Å². The molecule has 0 aromatic heterocycles. The summed E-state index contributed by atoms with van der Waals surface area (Å²) in [5, 5.41) is 9.68. The molecule has 0 aliphatic heterocycles. The van der Waals surface area contributed by atoms with Gasteiger partial charge in [0.1, 0.15) is 28.5 Å². The Hall–Kier alpha value is -4.20. The zero-order valence-corrected chi connectivity index (χ0v) is 24.0. The molecule has 43 heavy (non-hydrogen) atoms. The molecule has 0 unspecified atom stereocenters. The molecule has 0 saturated heterocycles. The van der Waals surface area contributed by atoms with Crippen molar-refractivity contribution in [2.24, 2.45) is 0 Å². The van der Waals surface area contributed by atoms with Gasteiger partial charge in [0.2, 0.25) is 0 Å². The zero-order valence-electron chi connectivity index (χ0n) is 22.3. The summed E-state index contributed by atoms with van der Waals surface area (Å²) in [6.07, 6.45) is -9.93. The molecule has 10 heteroatoms. The average molecular weight is 626 g/mol. The smallest absolute Gasteiger partial charge is 0.332 e. The maximum Gasteiger partial charge on any atom is 0.416 e. The van der Waals surface area contributed by atoms with E-state index in [0.717, 1.165) is 21.2 Å². The average Bonchev–Trinajstić information content (AvgIpc) is 2.99. The molecular formula is C33H24F6N2PS+. The molecule has 0 fully saturated rings. The van der Waals surface area contributed by atoms with Gasteiger partial charge in [-0.05, 0) is 91.1 Å². The number of anilines is 2. The van der Waals surface area contributed by atoms with Crippen molar-refractivity contribution in [1.29, 1.82) is 0 Å². The van der Waals surface area contributed by atoms with Crippen molar-refractivity contribution in [3.05, 3.63) is 145 Å². The standard InChI is InChI=1S/C33H23F6N2PS/c34-32(35,36)23-20-24(33(37,38)39)22-26(21-23)41-31(43)40-25-16-18-30(19-17-25)42(27-10-4-1-5-11-27,28-12-6-2-7-13-28)29-14-8-3-9-15-29/h1-22H,(H-,40,41,43)/p+1. The van der Waals surface area contributed by atoms with Gasteiger partial charge in [0.25, 0.3) is 0 Å². The van der Waals surface area contributed by atoms with E-state index in [1.165, 1.54) is 0 Å². The van der Waals surface area contributed by atoms with Crippen LogP contribution >= 0.6 is 19.5 Å². The summed E-state index contributed by atoms with van der Waals surface area (Å²) >= 11 is 5.25. The first kappa shape index (κ1) is 30.3. The summed E-state index contributed by atoms with van der Waals surface area (Å²) < 4.78 is 79.7. The lowest BCUT2D eigenvalue weighted by Crippen LogP contribution is -2.38. The summed E-state index contributed by atoms with van der Waals surface area (Å²) in [5.74, 6) is 0. The molecule has 218 valence electrons. The molecule has 0 heterocycles. The molecule has 5 aromatic rings. The molecule has 5 aromatic carbocycles. The van der Waals surface area contributed by atoms with Crippen LogP contribution in [0.3, 0.4) is 0 Å². The largest absolute Gasteiger partial charge is 0.416 e. The summed E-state index contributed by atoms with van der Waals surface area (Å²) in [7, 11) is -2.35. The summed E-state index contributed by atoms with van der Waals surface area (Å²) in [4.78, 5) is 0. The van der Waals surface area contributed by atoms with Crippen LogP contribution in [0.25, 0.3) is 0 Å². The van der Waals surface area contributed by atoms with E-state index in [9.17, 15) is 26.3 Å². The SMILES string of the molecule is FC(F)(F)c1cc(NC(=S)Nc2ccc([P+](c3ccccc3)(c3ccccc3)c3ccccc3)cc2)cc(C(F)(F)F)c1. The molecule has 0 saturated carbocycles. The molecule has 0 aliphatic rings. The van der Waals surface area contributed by atoms with Crippen molar-refractivity contribution >= 4 is 57.2 Å². The van der Waals surface area contributed by atoms with Crippen molar-refractivity contribution in [3.63, 3.8) is 0 Å². The zero-order chi connectivity index (χ0) is 30.7. The number of thiocarbonyl (C=S) groups is 1. The van der Waals surface area contributed by atoms with Crippen LogP contribution in [0.15, 0.2) is 133 Å². The predicted molar refractivity (Wildman–Crippen MR) is 168 cm³/mol. The van der Waals surface area contributed by atoms with Crippen LogP contribution in [0.5, 0.6) is 0 Å². The number of alkyl halides is 6. The van der Waals surface area contributed by atoms with Crippen LogP contribution < -0.4 is 31.9 Å².